The number of rotatable bonds is 3. The van der Waals surface area contributed by atoms with Crippen LogP contribution in [0.5, 0.6) is 0 Å². The van der Waals surface area contributed by atoms with Crippen LogP contribution >= 0.6 is 22.6 Å². The van der Waals surface area contributed by atoms with Crippen LogP contribution in [-0.2, 0) is 0 Å². The van der Waals surface area contributed by atoms with Crippen molar-refractivity contribution in [3.63, 3.8) is 0 Å². The van der Waals surface area contributed by atoms with Crippen LogP contribution in [0, 0.1) is 16.3 Å². The lowest BCUT2D eigenvalue weighted by molar-refractivity contribution is 0.0695. The maximum Gasteiger partial charge on any atom is 0.339 e. The molecule has 2 rings (SSSR count). The number of aromatic nitrogens is 2. The maximum atomic E-state index is 13.0. The number of nitrogens with zero attached hydrogens (tertiary/aromatic N) is 2. The monoisotopic (exact) mass is 373 g/mol. The number of hydrogen-bond donors (Lipinski definition) is 2. The standard InChI is InChI=1S/C12H9FIN3O2/c1-6-8(11(18)19)5-15-12(16-6)17-10-3-2-7(13)4-9(10)14/h2-5H,1H3,(H,18,19)(H,15,16,17). The van der Waals surface area contributed by atoms with Gasteiger partial charge in [-0.1, -0.05) is 0 Å². The molecule has 98 valence electrons. The Balaban J connectivity index is 2.29. The molecular weight excluding hydrogens is 364 g/mol. The molecular formula is C12H9FIN3O2. The van der Waals surface area contributed by atoms with Gasteiger partial charge in [-0.3, -0.25) is 0 Å². The number of benzene rings is 1. The SMILES string of the molecule is Cc1nc(Nc2ccc(F)cc2I)ncc1C(=O)O. The minimum Gasteiger partial charge on any atom is -0.478 e. The van der Waals surface area contributed by atoms with Gasteiger partial charge in [0.2, 0.25) is 5.95 Å². The van der Waals surface area contributed by atoms with Crippen molar-refractivity contribution in [2.75, 3.05) is 5.32 Å². The molecule has 2 N–H and O–H groups in total. The zero-order valence-corrected chi connectivity index (χ0v) is 12.0. The van der Waals surface area contributed by atoms with E-state index in [1.54, 1.807) is 13.0 Å². The topological polar surface area (TPSA) is 75.1 Å². The fourth-order valence-electron chi connectivity index (χ4n) is 1.45. The third-order valence-corrected chi connectivity index (χ3v) is 3.28. The van der Waals surface area contributed by atoms with Crippen molar-refractivity contribution < 1.29 is 14.3 Å². The lowest BCUT2D eigenvalue weighted by Gasteiger charge is -2.08. The molecule has 1 aromatic heterocycles. The van der Waals surface area contributed by atoms with Crippen LogP contribution in [-0.4, -0.2) is 21.0 Å². The molecule has 0 radical (unpaired) electrons. The average molecular weight is 373 g/mol. The van der Waals surface area contributed by atoms with E-state index >= 15 is 0 Å². The molecule has 7 heteroatoms. The number of hydrogen-bond acceptors (Lipinski definition) is 4. The van der Waals surface area contributed by atoms with Crippen LogP contribution in [0.2, 0.25) is 0 Å². The van der Waals surface area contributed by atoms with Gasteiger partial charge in [-0.15, -0.1) is 0 Å². The molecule has 0 saturated heterocycles. The number of aryl methyl sites for hydroxylation is 1. The van der Waals surface area contributed by atoms with E-state index in [0.717, 1.165) is 0 Å². The second-order valence-corrected chi connectivity index (χ2v) is 4.91. The molecule has 19 heavy (non-hydrogen) atoms. The molecule has 0 unspecified atom stereocenters. The second kappa shape index (κ2) is 5.47. The zero-order chi connectivity index (χ0) is 14.0. The Morgan fingerprint density at radius 1 is 1.47 bits per heavy atom. The Hall–Kier alpha value is -1.77. The lowest BCUT2D eigenvalue weighted by Crippen LogP contribution is -2.06. The van der Waals surface area contributed by atoms with Gasteiger partial charge in [-0.2, -0.15) is 0 Å². The summed E-state index contributed by atoms with van der Waals surface area (Å²) in [5, 5.41) is 11.8. The molecule has 0 aliphatic heterocycles. The molecule has 2 aromatic rings. The van der Waals surface area contributed by atoms with Crippen molar-refractivity contribution in [2.24, 2.45) is 0 Å². The van der Waals surface area contributed by atoms with E-state index in [9.17, 15) is 9.18 Å². The summed E-state index contributed by atoms with van der Waals surface area (Å²) in [5.41, 5.74) is 1.07. The van der Waals surface area contributed by atoms with E-state index in [-0.39, 0.29) is 17.3 Å². The molecule has 0 aliphatic carbocycles. The van der Waals surface area contributed by atoms with E-state index in [1.807, 2.05) is 22.6 Å². The molecule has 1 aromatic carbocycles. The predicted octanol–water partition coefficient (Wildman–Crippen LogP) is 2.97. The largest absolute Gasteiger partial charge is 0.478 e. The predicted molar refractivity (Wildman–Crippen MR) is 76.1 cm³/mol. The Morgan fingerprint density at radius 3 is 2.79 bits per heavy atom. The number of nitrogens with one attached hydrogen (secondary N) is 1. The first-order valence-corrected chi connectivity index (χ1v) is 6.34. The summed E-state index contributed by atoms with van der Waals surface area (Å²) in [7, 11) is 0. The normalized spacial score (nSPS) is 10.3. The van der Waals surface area contributed by atoms with Gasteiger partial charge in [-0.25, -0.2) is 19.2 Å². The number of carboxylic acid groups (broad SMARTS) is 1. The average Bonchev–Trinajstić information content (AvgIpc) is 2.32. The van der Waals surface area contributed by atoms with Crippen LogP contribution in [0.1, 0.15) is 16.1 Å². The quantitative estimate of drug-likeness (QED) is 0.810. The van der Waals surface area contributed by atoms with Crippen molar-refractivity contribution in [3.05, 3.63) is 45.0 Å². The van der Waals surface area contributed by atoms with Crippen LogP contribution < -0.4 is 5.32 Å². The van der Waals surface area contributed by atoms with Crippen LogP contribution in [0.3, 0.4) is 0 Å². The Bertz CT molecular complexity index is 649. The molecule has 0 aliphatic rings. The summed E-state index contributed by atoms with van der Waals surface area (Å²) in [4.78, 5) is 18.8. The highest BCUT2D eigenvalue weighted by Gasteiger charge is 2.10. The summed E-state index contributed by atoms with van der Waals surface area (Å²) in [6.45, 7) is 1.59. The fourth-order valence-corrected chi connectivity index (χ4v) is 2.06. The fraction of sp³-hybridized carbons (Fsp3) is 0.0833. The van der Waals surface area contributed by atoms with E-state index in [0.29, 0.717) is 15.0 Å². The molecule has 5 nitrogen and oxygen atoms in total. The number of halogens is 2. The highest BCUT2D eigenvalue weighted by Crippen LogP contribution is 2.22. The van der Waals surface area contributed by atoms with Crippen LogP contribution in [0.25, 0.3) is 0 Å². The minimum absolute atomic E-state index is 0.0550. The molecule has 0 fully saturated rings. The first-order chi connectivity index (χ1) is 8.97. The summed E-state index contributed by atoms with van der Waals surface area (Å²) in [6.07, 6.45) is 1.24. The van der Waals surface area contributed by atoms with E-state index in [1.165, 1.54) is 18.3 Å². The lowest BCUT2D eigenvalue weighted by atomic mass is 10.2. The molecule has 0 atom stereocenters. The Morgan fingerprint density at radius 2 is 2.21 bits per heavy atom. The van der Waals surface area contributed by atoms with E-state index in [2.05, 4.69) is 15.3 Å². The highest BCUT2D eigenvalue weighted by atomic mass is 127. The van der Waals surface area contributed by atoms with Gasteiger partial charge in [0.25, 0.3) is 0 Å². The molecule has 1 heterocycles. The number of aromatic carboxylic acids is 1. The van der Waals surface area contributed by atoms with E-state index in [4.69, 9.17) is 5.11 Å². The van der Waals surface area contributed by atoms with Crippen molar-refractivity contribution in [1.29, 1.82) is 0 Å². The van der Waals surface area contributed by atoms with E-state index < -0.39 is 5.97 Å². The van der Waals surface area contributed by atoms with Gasteiger partial charge in [0.15, 0.2) is 0 Å². The van der Waals surface area contributed by atoms with Gasteiger partial charge >= 0.3 is 5.97 Å². The van der Waals surface area contributed by atoms with Gasteiger partial charge in [0.05, 0.1) is 16.9 Å². The smallest absolute Gasteiger partial charge is 0.339 e. The zero-order valence-electron chi connectivity index (χ0n) is 9.82. The van der Waals surface area contributed by atoms with Crippen molar-refractivity contribution >= 4 is 40.2 Å². The molecule has 0 spiro atoms. The van der Waals surface area contributed by atoms with Gasteiger partial charge < -0.3 is 10.4 Å². The summed E-state index contributed by atoms with van der Waals surface area (Å²) < 4.78 is 13.6. The summed E-state index contributed by atoms with van der Waals surface area (Å²) in [5.74, 6) is -1.12. The number of carbonyl (C=O) groups is 1. The van der Waals surface area contributed by atoms with Gasteiger partial charge in [0.1, 0.15) is 5.82 Å². The Kier molecular flexibility index (Phi) is 3.93. The van der Waals surface area contributed by atoms with Crippen LogP contribution in [0.15, 0.2) is 24.4 Å². The first-order valence-electron chi connectivity index (χ1n) is 5.26. The number of anilines is 2. The van der Waals surface area contributed by atoms with Gasteiger partial charge in [-0.05, 0) is 47.7 Å². The maximum absolute atomic E-state index is 13.0. The first kappa shape index (κ1) is 13.7. The summed E-state index contributed by atoms with van der Waals surface area (Å²) in [6, 6.07) is 4.27. The van der Waals surface area contributed by atoms with Gasteiger partial charge in [0, 0.05) is 9.77 Å². The second-order valence-electron chi connectivity index (χ2n) is 3.75. The number of carboxylic acids is 1. The third kappa shape index (κ3) is 3.16. The Labute approximate surface area is 122 Å². The molecule has 0 amide bonds. The minimum atomic E-state index is -1.07. The molecule has 0 saturated carbocycles. The summed E-state index contributed by atoms with van der Waals surface area (Å²) >= 11 is 1.99. The van der Waals surface area contributed by atoms with Crippen LogP contribution in [0.4, 0.5) is 16.0 Å². The third-order valence-electron chi connectivity index (χ3n) is 2.39. The van der Waals surface area contributed by atoms with Crippen molar-refractivity contribution in [2.45, 2.75) is 6.92 Å². The van der Waals surface area contributed by atoms with Crippen molar-refractivity contribution in [3.8, 4) is 0 Å². The van der Waals surface area contributed by atoms with Crippen molar-refractivity contribution in [1.82, 2.24) is 9.97 Å². The highest BCUT2D eigenvalue weighted by molar-refractivity contribution is 14.1. The molecule has 0 bridgehead atoms.